The summed E-state index contributed by atoms with van der Waals surface area (Å²) >= 11 is 5.10. The molecule has 1 N–H and O–H groups in total. The Balaban J connectivity index is 1.74. The molecule has 0 unspecified atom stereocenters. The summed E-state index contributed by atoms with van der Waals surface area (Å²) in [6.45, 7) is 5.54. The molecule has 0 aliphatic rings. The zero-order valence-corrected chi connectivity index (χ0v) is 24.2. The van der Waals surface area contributed by atoms with Crippen molar-refractivity contribution in [3.8, 4) is 11.5 Å². The number of aryl methyl sites for hydroxylation is 1. The van der Waals surface area contributed by atoms with E-state index in [2.05, 4.69) is 40.3 Å². The van der Waals surface area contributed by atoms with Gasteiger partial charge in [-0.3, -0.25) is 4.79 Å². The van der Waals surface area contributed by atoms with Crippen LogP contribution in [-0.2, 0) is 17.8 Å². The van der Waals surface area contributed by atoms with Crippen LogP contribution in [0.2, 0.25) is 0 Å². The van der Waals surface area contributed by atoms with Gasteiger partial charge in [0, 0.05) is 33.0 Å². The van der Waals surface area contributed by atoms with Crippen molar-refractivity contribution in [1.29, 1.82) is 0 Å². The fraction of sp³-hybridized carbons (Fsp3) is 0.357. The number of nitrogens with zero attached hydrogens (tertiary/aromatic N) is 2. The molecule has 1 aromatic heterocycles. The summed E-state index contributed by atoms with van der Waals surface area (Å²) in [6, 6.07) is 17.0. The molecule has 0 saturated carbocycles. The van der Waals surface area contributed by atoms with Crippen LogP contribution in [0, 0.1) is 6.92 Å². The number of nitrogens with one attached hydrogen (secondary N) is 1. The van der Waals surface area contributed by atoms with E-state index in [0.717, 1.165) is 21.3 Å². The minimum Gasteiger partial charge on any atom is -0.493 e. The molecule has 7 nitrogen and oxygen atoms in total. The molecule has 0 atom stereocenters. The van der Waals surface area contributed by atoms with Crippen molar-refractivity contribution in [3.05, 3.63) is 74.4 Å². The fourth-order valence-corrected chi connectivity index (χ4v) is 5.21. The average Bonchev–Trinajstić information content (AvgIpc) is 3.30. The first kappa shape index (κ1) is 28.5. The standard InChI is InChI=1S/C28H34BrN3O4S/c1-5-14-32(28(34)30-23-8-6-7-22(29)17-23)19-27(33)31(18-24-11-9-20(2)37-24)15-13-21-10-12-25(35-3)26(16-21)36-4/h6-12,16-17H,5,13-15,18-19H2,1-4H3,(H,30,34). The molecule has 3 amide bonds. The second kappa shape index (κ2) is 14.0. The number of methoxy groups -OCH3 is 2. The van der Waals surface area contributed by atoms with Crippen LogP contribution in [0.15, 0.2) is 59.1 Å². The predicted molar refractivity (Wildman–Crippen MR) is 153 cm³/mol. The zero-order chi connectivity index (χ0) is 26.8. The smallest absolute Gasteiger partial charge is 0.322 e. The third-order valence-electron chi connectivity index (χ3n) is 5.80. The van der Waals surface area contributed by atoms with Gasteiger partial charge in [-0.15, -0.1) is 11.3 Å². The van der Waals surface area contributed by atoms with E-state index in [1.165, 1.54) is 4.88 Å². The normalized spacial score (nSPS) is 10.6. The van der Waals surface area contributed by atoms with Gasteiger partial charge in [0.25, 0.3) is 0 Å². The van der Waals surface area contributed by atoms with Gasteiger partial charge >= 0.3 is 6.03 Å². The van der Waals surface area contributed by atoms with Crippen LogP contribution in [0.3, 0.4) is 0 Å². The van der Waals surface area contributed by atoms with Gasteiger partial charge in [0.2, 0.25) is 5.91 Å². The molecule has 0 saturated heterocycles. The van der Waals surface area contributed by atoms with Crippen molar-refractivity contribution in [2.75, 3.05) is 39.2 Å². The number of ether oxygens (including phenoxy) is 2. The van der Waals surface area contributed by atoms with Crippen molar-refractivity contribution in [1.82, 2.24) is 9.80 Å². The third kappa shape index (κ3) is 8.50. The summed E-state index contributed by atoms with van der Waals surface area (Å²) in [7, 11) is 3.22. The lowest BCUT2D eigenvalue weighted by atomic mass is 10.1. The maximum atomic E-state index is 13.6. The highest BCUT2D eigenvalue weighted by molar-refractivity contribution is 9.10. The summed E-state index contributed by atoms with van der Waals surface area (Å²) < 4.78 is 11.6. The Kier molecular flexibility index (Phi) is 10.8. The van der Waals surface area contributed by atoms with Gasteiger partial charge in [0.15, 0.2) is 11.5 Å². The molecule has 0 aliphatic heterocycles. The van der Waals surface area contributed by atoms with E-state index in [0.29, 0.717) is 43.2 Å². The highest BCUT2D eigenvalue weighted by Gasteiger charge is 2.22. The number of carbonyl (C=O) groups excluding carboxylic acids is 2. The summed E-state index contributed by atoms with van der Waals surface area (Å²) in [6.07, 6.45) is 1.39. The third-order valence-corrected chi connectivity index (χ3v) is 7.28. The molecule has 0 bridgehead atoms. The maximum absolute atomic E-state index is 13.6. The first-order valence-electron chi connectivity index (χ1n) is 12.2. The summed E-state index contributed by atoms with van der Waals surface area (Å²) in [4.78, 5) is 32.3. The van der Waals surface area contributed by atoms with E-state index >= 15 is 0 Å². The highest BCUT2D eigenvalue weighted by atomic mass is 79.9. The van der Waals surface area contributed by atoms with Gasteiger partial charge in [-0.05, 0) is 67.8 Å². The Bertz CT molecular complexity index is 1200. The van der Waals surface area contributed by atoms with E-state index in [-0.39, 0.29) is 18.5 Å². The Labute approximate surface area is 231 Å². The molecule has 0 radical (unpaired) electrons. The minimum atomic E-state index is -0.292. The molecule has 37 heavy (non-hydrogen) atoms. The number of hydrogen-bond acceptors (Lipinski definition) is 5. The number of amides is 3. The van der Waals surface area contributed by atoms with Crippen LogP contribution in [-0.4, -0.2) is 55.6 Å². The molecule has 0 spiro atoms. The minimum absolute atomic E-state index is 0.00394. The van der Waals surface area contributed by atoms with Crippen LogP contribution < -0.4 is 14.8 Å². The van der Waals surface area contributed by atoms with Gasteiger partial charge in [-0.1, -0.05) is 35.0 Å². The van der Waals surface area contributed by atoms with Gasteiger partial charge in [-0.2, -0.15) is 0 Å². The van der Waals surface area contributed by atoms with E-state index in [1.54, 1.807) is 30.5 Å². The topological polar surface area (TPSA) is 71.1 Å². The zero-order valence-electron chi connectivity index (χ0n) is 21.8. The molecule has 9 heteroatoms. The monoisotopic (exact) mass is 587 g/mol. The Hall–Kier alpha value is -3.04. The quantitative estimate of drug-likeness (QED) is 0.268. The van der Waals surface area contributed by atoms with E-state index in [1.807, 2.05) is 54.3 Å². The summed E-state index contributed by atoms with van der Waals surface area (Å²) in [5.41, 5.74) is 1.71. The van der Waals surface area contributed by atoms with Crippen LogP contribution in [0.5, 0.6) is 11.5 Å². The Morgan fingerprint density at radius 3 is 2.41 bits per heavy atom. The molecule has 1 heterocycles. The summed E-state index contributed by atoms with van der Waals surface area (Å²) in [5, 5.41) is 2.91. The van der Waals surface area contributed by atoms with Crippen LogP contribution in [0.1, 0.15) is 28.7 Å². The lowest BCUT2D eigenvalue weighted by Crippen LogP contribution is -2.45. The number of thiophene rings is 1. The van der Waals surface area contributed by atoms with Crippen LogP contribution in [0.4, 0.5) is 10.5 Å². The number of halogens is 1. The molecule has 3 rings (SSSR count). The first-order chi connectivity index (χ1) is 17.8. The number of urea groups is 1. The van der Waals surface area contributed by atoms with Gasteiger partial charge in [-0.25, -0.2) is 4.79 Å². The second-order valence-corrected chi connectivity index (χ2v) is 10.9. The van der Waals surface area contributed by atoms with Crippen molar-refractivity contribution >= 4 is 44.9 Å². The van der Waals surface area contributed by atoms with Crippen molar-refractivity contribution < 1.29 is 19.1 Å². The molecular formula is C28H34BrN3O4S. The number of hydrogen-bond donors (Lipinski definition) is 1. The molecule has 0 aliphatic carbocycles. The summed E-state index contributed by atoms with van der Waals surface area (Å²) in [5.74, 6) is 1.23. The Morgan fingerprint density at radius 1 is 0.973 bits per heavy atom. The average molecular weight is 589 g/mol. The van der Waals surface area contributed by atoms with Gasteiger partial charge in [0.1, 0.15) is 6.54 Å². The van der Waals surface area contributed by atoms with Crippen molar-refractivity contribution in [2.24, 2.45) is 0 Å². The van der Waals surface area contributed by atoms with Crippen molar-refractivity contribution in [3.63, 3.8) is 0 Å². The molecule has 0 fully saturated rings. The van der Waals surface area contributed by atoms with Crippen molar-refractivity contribution in [2.45, 2.75) is 33.2 Å². The van der Waals surface area contributed by atoms with E-state index in [4.69, 9.17) is 9.47 Å². The lowest BCUT2D eigenvalue weighted by Gasteiger charge is -2.27. The van der Waals surface area contributed by atoms with Crippen LogP contribution in [0.25, 0.3) is 0 Å². The maximum Gasteiger partial charge on any atom is 0.322 e. The largest absolute Gasteiger partial charge is 0.493 e. The fourth-order valence-electron chi connectivity index (χ4n) is 3.90. The molecule has 2 aromatic carbocycles. The number of carbonyl (C=O) groups is 2. The molecule has 3 aromatic rings. The molecule has 198 valence electrons. The molecular weight excluding hydrogens is 554 g/mol. The number of anilines is 1. The lowest BCUT2D eigenvalue weighted by molar-refractivity contribution is -0.132. The number of benzene rings is 2. The SMILES string of the molecule is CCCN(CC(=O)N(CCc1ccc(OC)c(OC)c1)Cc1ccc(C)s1)C(=O)Nc1cccc(Br)c1. The van der Waals surface area contributed by atoms with Gasteiger partial charge < -0.3 is 24.6 Å². The number of rotatable bonds is 12. The Morgan fingerprint density at radius 2 is 1.76 bits per heavy atom. The van der Waals surface area contributed by atoms with E-state index in [9.17, 15) is 9.59 Å². The second-order valence-electron chi connectivity index (χ2n) is 8.63. The highest BCUT2D eigenvalue weighted by Crippen LogP contribution is 2.28. The van der Waals surface area contributed by atoms with Crippen LogP contribution >= 0.6 is 27.3 Å². The predicted octanol–water partition coefficient (Wildman–Crippen LogP) is 6.35. The van der Waals surface area contributed by atoms with E-state index < -0.39 is 0 Å². The first-order valence-corrected chi connectivity index (χ1v) is 13.8. The van der Waals surface area contributed by atoms with Gasteiger partial charge in [0.05, 0.1) is 20.8 Å².